The highest BCUT2D eigenvalue weighted by atomic mass is 79.9. The quantitative estimate of drug-likeness (QED) is 0.830. The minimum Gasteiger partial charge on any atom is -0.496 e. The van der Waals surface area contributed by atoms with Crippen LogP contribution < -0.4 is 4.74 Å². The fourth-order valence-corrected chi connectivity index (χ4v) is 2.98. The molecule has 0 aliphatic rings. The molecule has 0 spiro atoms. The Bertz CT molecular complexity index is 394. The molecule has 1 aromatic rings. The van der Waals surface area contributed by atoms with Crippen molar-refractivity contribution >= 4 is 15.9 Å². The van der Waals surface area contributed by atoms with E-state index >= 15 is 0 Å². The zero-order chi connectivity index (χ0) is 14.5. The van der Waals surface area contributed by atoms with Crippen LogP contribution in [0.15, 0.2) is 22.7 Å². The number of benzene rings is 1. The molecule has 0 aliphatic carbocycles. The van der Waals surface area contributed by atoms with E-state index in [1.165, 1.54) is 0 Å². The molecule has 3 nitrogen and oxygen atoms in total. The van der Waals surface area contributed by atoms with Crippen molar-refractivity contribution in [3.8, 4) is 5.75 Å². The van der Waals surface area contributed by atoms with Gasteiger partial charge >= 0.3 is 0 Å². The summed E-state index contributed by atoms with van der Waals surface area (Å²) in [4.78, 5) is 0. The van der Waals surface area contributed by atoms with E-state index in [9.17, 15) is 5.11 Å². The monoisotopic (exact) mass is 330 g/mol. The molecule has 0 bridgehead atoms. The highest BCUT2D eigenvalue weighted by Gasteiger charge is 2.34. The first-order chi connectivity index (χ1) is 9.02. The van der Waals surface area contributed by atoms with Crippen molar-refractivity contribution in [1.29, 1.82) is 0 Å². The first-order valence-corrected chi connectivity index (χ1v) is 7.37. The molecule has 1 rings (SSSR count). The third-order valence-electron chi connectivity index (χ3n) is 3.86. The maximum Gasteiger partial charge on any atom is 0.133 e. The number of ether oxygens (including phenoxy) is 2. The summed E-state index contributed by atoms with van der Waals surface area (Å²) in [5.41, 5.74) is 0.593. The SMILES string of the molecule is CCC(CC)(OC)C(O)Cc1ccc(OC)c(Br)c1. The largest absolute Gasteiger partial charge is 0.496 e. The minimum atomic E-state index is -0.521. The van der Waals surface area contributed by atoms with Gasteiger partial charge in [-0.25, -0.2) is 0 Å². The van der Waals surface area contributed by atoms with Crippen LogP contribution in [0.4, 0.5) is 0 Å². The van der Waals surface area contributed by atoms with E-state index in [2.05, 4.69) is 15.9 Å². The van der Waals surface area contributed by atoms with E-state index in [1.807, 2.05) is 32.0 Å². The maximum absolute atomic E-state index is 10.5. The Morgan fingerprint density at radius 2 is 1.89 bits per heavy atom. The average molecular weight is 331 g/mol. The number of methoxy groups -OCH3 is 2. The average Bonchev–Trinajstić information content (AvgIpc) is 2.41. The van der Waals surface area contributed by atoms with Crippen LogP contribution in [0.3, 0.4) is 0 Å². The zero-order valence-electron chi connectivity index (χ0n) is 12.1. The molecular weight excluding hydrogens is 308 g/mol. The molecule has 4 heteroatoms. The molecule has 1 atom stereocenters. The van der Waals surface area contributed by atoms with E-state index < -0.39 is 11.7 Å². The Morgan fingerprint density at radius 1 is 1.26 bits per heavy atom. The summed E-state index contributed by atoms with van der Waals surface area (Å²) in [6, 6.07) is 5.85. The molecule has 0 aromatic heterocycles. The molecule has 0 aliphatic heterocycles. The molecule has 19 heavy (non-hydrogen) atoms. The Morgan fingerprint density at radius 3 is 2.32 bits per heavy atom. The van der Waals surface area contributed by atoms with Gasteiger partial charge in [-0.3, -0.25) is 0 Å². The van der Waals surface area contributed by atoms with Gasteiger partial charge in [-0.2, -0.15) is 0 Å². The summed E-state index contributed by atoms with van der Waals surface area (Å²) in [6.45, 7) is 4.08. The number of halogens is 1. The first-order valence-electron chi connectivity index (χ1n) is 6.58. The lowest BCUT2D eigenvalue weighted by Gasteiger charge is -2.35. The molecule has 0 heterocycles. The van der Waals surface area contributed by atoms with Crippen LogP contribution in [-0.4, -0.2) is 31.0 Å². The van der Waals surface area contributed by atoms with Crippen LogP contribution in [-0.2, 0) is 11.2 Å². The Balaban J connectivity index is 2.86. The van der Waals surface area contributed by atoms with Gasteiger partial charge in [-0.05, 0) is 46.5 Å². The highest BCUT2D eigenvalue weighted by molar-refractivity contribution is 9.10. The van der Waals surface area contributed by atoms with Crippen molar-refractivity contribution in [3.63, 3.8) is 0 Å². The molecular formula is C15H23BrO3. The maximum atomic E-state index is 10.5. The number of aliphatic hydroxyl groups is 1. The van der Waals surface area contributed by atoms with Crippen molar-refractivity contribution < 1.29 is 14.6 Å². The van der Waals surface area contributed by atoms with Gasteiger partial charge in [0.1, 0.15) is 5.75 Å². The standard InChI is InChI=1S/C15H23BrO3/c1-5-15(6-2,19-4)14(17)10-11-7-8-13(18-3)12(16)9-11/h7-9,14,17H,5-6,10H2,1-4H3. The van der Waals surface area contributed by atoms with Gasteiger partial charge in [0.2, 0.25) is 0 Å². The number of aliphatic hydroxyl groups excluding tert-OH is 1. The molecule has 1 N–H and O–H groups in total. The lowest BCUT2D eigenvalue weighted by atomic mass is 9.86. The molecule has 0 fully saturated rings. The van der Waals surface area contributed by atoms with Gasteiger partial charge in [-0.1, -0.05) is 19.9 Å². The molecule has 0 radical (unpaired) electrons. The summed E-state index contributed by atoms with van der Waals surface area (Å²) in [6.07, 6.45) is 1.63. The van der Waals surface area contributed by atoms with Gasteiger partial charge in [0.25, 0.3) is 0 Å². The Hall–Kier alpha value is -0.580. The fraction of sp³-hybridized carbons (Fsp3) is 0.600. The fourth-order valence-electron chi connectivity index (χ4n) is 2.39. The third-order valence-corrected chi connectivity index (χ3v) is 4.48. The zero-order valence-corrected chi connectivity index (χ0v) is 13.7. The van der Waals surface area contributed by atoms with Gasteiger partial charge in [0.05, 0.1) is 23.3 Å². The van der Waals surface area contributed by atoms with Gasteiger partial charge < -0.3 is 14.6 Å². The Kier molecular flexibility index (Phi) is 6.30. The summed E-state index contributed by atoms with van der Waals surface area (Å²) >= 11 is 3.46. The summed E-state index contributed by atoms with van der Waals surface area (Å²) in [5, 5.41) is 10.5. The van der Waals surface area contributed by atoms with Gasteiger partial charge in [0, 0.05) is 13.5 Å². The van der Waals surface area contributed by atoms with Crippen molar-refractivity contribution in [2.45, 2.75) is 44.8 Å². The summed E-state index contributed by atoms with van der Waals surface area (Å²) in [5.74, 6) is 0.794. The lowest BCUT2D eigenvalue weighted by molar-refractivity contribution is -0.106. The van der Waals surface area contributed by atoms with E-state index in [1.54, 1.807) is 14.2 Å². The van der Waals surface area contributed by atoms with Gasteiger partial charge in [-0.15, -0.1) is 0 Å². The van der Waals surface area contributed by atoms with E-state index in [0.717, 1.165) is 28.6 Å². The van der Waals surface area contributed by atoms with E-state index in [4.69, 9.17) is 9.47 Å². The molecule has 0 amide bonds. The second-order valence-corrected chi connectivity index (χ2v) is 5.52. The Labute approximate surface area is 124 Å². The molecule has 0 saturated carbocycles. The lowest BCUT2D eigenvalue weighted by Crippen LogP contribution is -2.44. The van der Waals surface area contributed by atoms with Crippen LogP contribution in [0.2, 0.25) is 0 Å². The summed E-state index contributed by atoms with van der Waals surface area (Å²) < 4.78 is 11.7. The van der Waals surface area contributed by atoms with Crippen LogP contribution in [0.5, 0.6) is 5.75 Å². The topological polar surface area (TPSA) is 38.7 Å². The van der Waals surface area contributed by atoms with Gasteiger partial charge in [0.15, 0.2) is 0 Å². The first kappa shape index (κ1) is 16.5. The molecule has 1 unspecified atom stereocenters. The molecule has 1 aromatic carbocycles. The third kappa shape index (κ3) is 3.71. The second-order valence-electron chi connectivity index (χ2n) is 4.66. The second kappa shape index (κ2) is 7.27. The highest BCUT2D eigenvalue weighted by Crippen LogP contribution is 2.29. The number of hydrogen-bond acceptors (Lipinski definition) is 3. The number of rotatable bonds is 7. The van der Waals surface area contributed by atoms with Crippen LogP contribution in [0.1, 0.15) is 32.3 Å². The van der Waals surface area contributed by atoms with Crippen molar-refractivity contribution in [1.82, 2.24) is 0 Å². The van der Waals surface area contributed by atoms with Crippen molar-refractivity contribution in [2.75, 3.05) is 14.2 Å². The molecule has 0 saturated heterocycles. The predicted molar refractivity (Wildman–Crippen MR) is 80.7 cm³/mol. The van der Waals surface area contributed by atoms with Crippen LogP contribution in [0.25, 0.3) is 0 Å². The van der Waals surface area contributed by atoms with E-state index in [-0.39, 0.29) is 0 Å². The normalized spacial score (nSPS) is 13.4. The smallest absolute Gasteiger partial charge is 0.133 e. The molecule has 108 valence electrons. The van der Waals surface area contributed by atoms with Crippen molar-refractivity contribution in [3.05, 3.63) is 28.2 Å². The summed E-state index contributed by atoms with van der Waals surface area (Å²) in [7, 11) is 3.30. The number of hydrogen-bond donors (Lipinski definition) is 1. The predicted octanol–water partition coefficient (Wildman–Crippen LogP) is 3.57. The minimum absolute atomic E-state index is 0.466. The van der Waals surface area contributed by atoms with E-state index in [0.29, 0.717) is 6.42 Å². The van der Waals surface area contributed by atoms with Crippen LogP contribution >= 0.6 is 15.9 Å². The van der Waals surface area contributed by atoms with Crippen molar-refractivity contribution in [2.24, 2.45) is 0 Å². The van der Waals surface area contributed by atoms with Crippen LogP contribution in [0, 0.1) is 0 Å².